The average molecular weight is 386 g/mol. The van der Waals surface area contributed by atoms with Crippen molar-refractivity contribution in [3.05, 3.63) is 69.7 Å². The molecule has 3 rings (SSSR count). The minimum Gasteiger partial charge on any atom is -0.350 e. The monoisotopic (exact) mass is 385 g/mol. The van der Waals surface area contributed by atoms with Crippen LogP contribution in [0.5, 0.6) is 0 Å². The molecular formula is C20H20BrNO2. The lowest BCUT2D eigenvalue weighted by Crippen LogP contribution is -2.54. The normalized spacial score (nSPS) is 19.9. The van der Waals surface area contributed by atoms with Gasteiger partial charge in [-0.1, -0.05) is 52.3 Å². The topological polar surface area (TPSA) is 46.2 Å². The number of hydrogen-bond acceptors (Lipinski definition) is 2. The molecule has 3 nitrogen and oxygen atoms in total. The van der Waals surface area contributed by atoms with E-state index in [2.05, 4.69) is 21.2 Å². The first kappa shape index (κ1) is 16.9. The number of nitrogens with one attached hydrogen (secondary N) is 1. The zero-order valence-corrected chi connectivity index (χ0v) is 15.6. The molecule has 124 valence electrons. The van der Waals surface area contributed by atoms with E-state index < -0.39 is 11.0 Å². The van der Waals surface area contributed by atoms with Gasteiger partial charge in [-0.3, -0.25) is 9.59 Å². The van der Waals surface area contributed by atoms with Gasteiger partial charge in [0.25, 0.3) is 0 Å². The molecule has 0 bridgehead atoms. The molecule has 0 saturated heterocycles. The number of halogens is 1. The summed E-state index contributed by atoms with van der Waals surface area (Å²) in [4.78, 5) is 26.5. The van der Waals surface area contributed by atoms with E-state index in [0.717, 1.165) is 15.6 Å². The predicted octanol–water partition coefficient (Wildman–Crippen LogP) is 4.04. The predicted molar refractivity (Wildman–Crippen MR) is 98.2 cm³/mol. The Kier molecular flexibility index (Phi) is 4.12. The maximum absolute atomic E-state index is 13.3. The summed E-state index contributed by atoms with van der Waals surface area (Å²) in [7, 11) is 0. The summed E-state index contributed by atoms with van der Waals surface area (Å²) in [5.41, 5.74) is 0.666. The molecular weight excluding hydrogens is 366 g/mol. The van der Waals surface area contributed by atoms with Crippen molar-refractivity contribution in [2.45, 2.75) is 38.1 Å². The Bertz CT molecular complexity index is 822. The first-order valence-corrected chi connectivity index (χ1v) is 8.75. The molecule has 0 heterocycles. The Morgan fingerprint density at radius 3 is 2.46 bits per heavy atom. The molecule has 2 aromatic carbocycles. The zero-order valence-electron chi connectivity index (χ0n) is 14.0. The van der Waals surface area contributed by atoms with Crippen molar-refractivity contribution in [2.24, 2.45) is 0 Å². The van der Waals surface area contributed by atoms with Crippen molar-refractivity contribution in [3.8, 4) is 0 Å². The highest BCUT2D eigenvalue weighted by molar-refractivity contribution is 9.10. The number of benzene rings is 2. The fourth-order valence-electron chi connectivity index (χ4n) is 3.24. The van der Waals surface area contributed by atoms with Gasteiger partial charge in [-0.15, -0.1) is 0 Å². The fourth-order valence-corrected chi connectivity index (χ4v) is 3.64. The van der Waals surface area contributed by atoms with E-state index in [-0.39, 0.29) is 11.7 Å². The second-order valence-electron chi connectivity index (χ2n) is 7.28. The second kappa shape index (κ2) is 5.85. The van der Waals surface area contributed by atoms with Crippen LogP contribution in [-0.4, -0.2) is 17.2 Å². The van der Waals surface area contributed by atoms with Crippen molar-refractivity contribution in [2.75, 3.05) is 0 Å². The van der Waals surface area contributed by atoms with E-state index in [1.807, 2.05) is 69.3 Å². The Labute approximate surface area is 150 Å². The molecule has 2 aromatic rings. The third-order valence-corrected chi connectivity index (χ3v) is 4.79. The number of rotatable bonds is 2. The van der Waals surface area contributed by atoms with Crippen LogP contribution in [0.3, 0.4) is 0 Å². The number of ketones is 1. The first-order valence-electron chi connectivity index (χ1n) is 7.95. The van der Waals surface area contributed by atoms with Crippen LogP contribution in [0.1, 0.15) is 42.3 Å². The van der Waals surface area contributed by atoms with Gasteiger partial charge in [0.05, 0.1) is 0 Å². The zero-order chi connectivity index (χ0) is 17.5. The Hall–Kier alpha value is -1.94. The summed E-state index contributed by atoms with van der Waals surface area (Å²) in [6.45, 7) is 5.77. The van der Waals surface area contributed by atoms with Crippen LogP contribution in [-0.2, 0) is 16.6 Å². The fraction of sp³-hybridized carbons (Fsp3) is 0.300. The molecule has 0 unspecified atom stereocenters. The second-order valence-corrected chi connectivity index (χ2v) is 8.20. The van der Waals surface area contributed by atoms with Crippen molar-refractivity contribution in [1.82, 2.24) is 5.32 Å². The molecule has 1 aliphatic rings. The summed E-state index contributed by atoms with van der Waals surface area (Å²) in [5.74, 6) is -0.368. The minimum atomic E-state index is -1.21. The third-order valence-electron chi connectivity index (χ3n) is 4.30. The Balaban J connectivity index is 2.17. The number of fused-ring (bicyclic) bond motifs is 1. The van der Waals surface area contributed by atoms with Crippen LogP contribution in [0.15, 0.2) is 53.0 Å². The third kappa shape index (κ3) is 2.80. The van der Waals surface area contributed by atoms with Crippen molar-refractivity contribution in [3.63, 3.8) is 0 Å². The van der Waals surface area contributed by atoms with Gasteiger partial charge in [-0.25, -0.2) is 0 Å². The lowest BCUT2D eigenvalue weighted by Gasteiger charge is -2.31. The van der Waals surface area contributed by atoms with Crippen molar-refractivity contribution >= 4 is 27.6 Å². The SMILES string of the molecule is CC(C)(C)NC(=O)[C@@]1(c2cccc(Br)c2)Cc2ccccc2C1=O. The molecule has 0 saturated carbocycles. The molecule has 24 heavy (non-hydrogen) atoms. The van der Waals surface area contributed by atoms with Crippen LogP contribution >= 0.6 is 15.9 Å². The number of amides is 1. The van der Waals surface area contributed by atoms with E-state index >= 15 is 0 Å². The van der Waals surface area contributed by atoms with Crippen LogP contribution in [0.2, 0.25) is 0 Å². The Morgan fingerprint density at radius 1 is 1.12 bits per heavy atom. The lowest BCUT2D eigenvalue weighted by atomic mass is 9.75. The highest BCUT2D eigenvalue weighted by Crippen LogP contribution is 2.41. The van der Waals surface area contributed by atoms with Gasteiger partial charge in [0.2, 0.25) is 5.91 Å². The van der Waals surface area contributed by atoms with E-state index in [1.165, 1.54) is 0 Å². The van der Waals surface area contributed by atoms with E-state index in [4.69, 9.17) is 0 Å². The molecule has 0 aliphatic heterocycles. The van der Waals surface area contributed by atoms with Crippen LogP contribution in [0.4, 0.5) is 0 Å². The number of hydrogen-bond donors (Lipinski definition) is 1. The van der Waals surface area contributed by atoms with Gasteiger partial charge < -0.3 is 5.32 Å². The first-order chi connectivity index (χ1) is 11.2. The molecule has 0 spiro atoms. The summed E-state index contributed by atoms with van der Waals surface area (Å²) >= 11 is 3.46. The van der Waals surface area contributed by atoms with Crippen molar-refractivity contribution in [1.29, 1.82) is 0 Å². The Morgan fingerprint density at radius 2 is 1.83 bits per heavy atom. The minimum absolute atomic E-state index is 0.127. The van der Waals surface area contributed by atoms with Gasteiger partial charge in [0.1, 0.15) is 5.41 Å². The smallest absolute Gasteiger partial charge is 0.239 e. The molecule has 0 fully saturated rings. The average Bonchev–Trinajstić information content (AvgIpc) is 2.80. The molecule has 1 atom stereocenters. The van der Waals surface area contributed by atoms with Crippen LogP contribution in [0, 0.1) is 0 Å². The number of carbonyl (C=O) groups is 2. The molecule has 4 heteroatoms. The van der Waals surface area contributed by atoms with Crippen molar-refractivity contribution < 1.29 is 9.59 Å². The summed E-state index contributed by atoms with van der Waals surface area (Å²) in [5, 5.41) is 3.01. The largest absolute Gasteiger partial charge is 0.350 e. The summed E-state index contributed by atoms with van der Waals surface area (Å²) in [6.07, 6.45) is 0.389. The highest BCUT2D eigenvalue weighted by atomic mass is 79.9. The summed E-state index contributed by atoms with van der Waals surface area (Å²) < 4.78 is 0.853. The van der Waals surface area contributed by atoms with Crippen LogP contribution in [0.25, 0.3) is 0 Å². The van der Waals surface area contributed by atoms with Gasteiger partial charge in [0, 0.05) is 15.6 Å². The number of Topliss-reactive ketones (excluding diaryl/α,β-unsaturated/α-hetero) is 1. The maximum atomic E-state index is 13.3. The molecule has 1 N–H and O–H groups in total. The number of carbonyl (C=O) groups excluding carboxylic acids is 2. The molecule has 0 aromatic heterocycles. The highest BCUT2D eigenvalue weighted by Gasteiger charge is 2.53. The van der Waals surface area contributed by atoms with Gasteiger partial charge in [-0.2, -0.15) is 0 Å². The standard InChI is InChI=1S/C20H20BrNO2/c1-19(2,3)22-18(24)20(14-8-6-9-15(21)11-14)12-13-7-4-5-10-16(13)17(20)23/h4-11H,12H2,1-3H3,(H,22,24)/t20-/m1/s1. The maximum Gasteiger partial charge on any atom is 0.239 e. The molecule has 1 amide bonds. The van der Waals surface area contributed by atoms with Gasteiger partial charge >= 0.3 is 0 Å². The molecule has 0 radical (unpaired) electrons. The summed E-state index contributed by atoms with van der Waals surface area (Å²) in [6, 6.07) is 15.0. The quantitative estimate of drug-likeness (QED) is 0.792. The van der Waals surface area contributed by atoms with Crippen LogP contribution < -0.4 is 5.32 Å². The van der Waals surface area contributed by atoms with E-state index in [1.54, 1.807) is 0 Å². The van der Waals surface area contributed by atoms with E-state index in [0.29, 0.717) is 12.0 Å². The molecule has 1 aliphatic carbocycles. The van der Waals surface area contributed by atoms with Gasteiger partial charge in [0.15, 0.2) is 5.78 Å². The van der Waals surface area contributed by atoms with E-state index in [9.17, 15) is 9.59 Å². The van der Waals surface area contributed by atoms with Gasteiger partial charge in [-0.05, 0) is 50.5 Å². The lowest BCUT2D eigenvalue weighted by molar-refractivity contribution is -0.126.